The molecule has 0 aliphatic carbocycles. The molecule has 0 heterocycles. The van der Waals surface area contributed by atoms with Crippen LogP contribution in [0.25, 0.3) is 0 Å². The third-order valence-corrected chi connectivity index (χ3v) is 3.82. The van der Waals surface area contributed by atoms with Crippen molar-refractivity contribution in [2.75, 3.05) is 14.1 Å². The summed E-state index contributed by atoms with van der Waals surface area (Å²) in [6.45, 7) is 0. The van der Waals surface area contributed by atoms with Crippen LogP contribution in [0.5, 0.6) is 5.75 Å². The number of azo groups is 1. The van der Waals surface area contributed by atoms with E-state index in [4.69, 9.17) is 4.18 Å². The third-order valence-electron chi connectivity index (χ3n) is 2.52. The molecule has 0 aromatic heterocycles. The number of rotatable bonds is 5. The quantitative estimate of drug-likeness (QED) is 0.796. The van der Waals surface area contributed by atoms with Gasteiger partial charge < -0.3 is 4.18 Å². The monoisotopic (exact) mass is 305 g/mol. The van der Waals surface area contributed by atoms with Gasteiger partial charge >= 0.3 is 10.3 Å². The van der Waals surface area contributed by atoms with E-state index in [-0.39, 0.29) is 5.75 Å². The van der Waals surface area contributed by atoms with E-state index in [1.165, 1.54) is 26.2 Å². The van der Waals surface area contributed by atoms with Crippen LogP contribution in [0.3, 0.4) is 0 Å². The maximum Gasteiger partial charge on any atom is 0.384 e. The zero-order valence-corrected chi connectivity index (χ0v) is 12.5. The van der Waals surface area contributed by atoms with E-state index in [0.29, 0.717) is 5.69 Å². The summed E-state index contributed by atoms with van der Waals surface area (Å²) in [6.07, 6.45) is 0. The Labute approximate surface area is 124 Å². The molecule has 6 nitrogen and oxygen atoms in total. The first kappa shape index (κ1) is 15.1. The minimum atomic E-state index is -3.74. The molecule has 0 bridgehead atoms. The van der Waals surface area contributed by atoms with Crippen LogP contribution in [0.15, 0.2) is 64.8 Å². The van der Waals surface area contributed by atoms with Crippen molar-refractivity contribution in [1.29, 1.82) is 0 Å². The van der Waals surface area contributed by atoms with Crippen LogP contribution in [0, 0.1) is 0 Å². The summed E-state index contributed by atoms with van der Waals surface area (Å²) in [5, 5.41) is 8.13. The van der Waals surface area contributed by atoms with Crippen LogP contribution < -0.4 is 4.18 Å². The number of hydrogen-bond acceptors (Lipinski definition) is 5. The molecule has 0 saturated carbocycles. The zero-order chi connectivity index (χ0) is 15.3. The highest BCUT2D eigenvalue weighted by molar-refractivity contribution is 7.84. The van der Waals surface area contributed by atoms with Gasteiger partial charge in [-0.3, -0.25) is 0 Å². The molecular weight excluding hydrogens is 290 g/mol. The van der Waals surface area contributed by atoms with Gasteiger partial charge in [-0.05, 0) is 36.4 Å². The highest BCUT2D eigenvalue weighted by atomic mass is 32.2. The fraction of sp³-hybridized carbons (Fsp3) is 0.143. The number of hydrogen-bond donors (Lipinski definition) is 0. The summed E-state index contributed by atoms with van der Waals surface area (Å²) >= 11 is 0. The largest absolute Gasteiger partial charge is 0.384 e. The van der Waals surface area contributed by atoms with Gasteiger partial charge in [0.25, 0.3) is 0 Å². The average Bonchev–Trinajstić information content (AvgIpc) is 2.47. The minimum Gasteiger partial charge on any atom is -0.371 e. The van der Waals surface area contributed by atoms with Gasteiger partial charge in [0, 0.05) is 14.1 Å². The molecule has 110 valence electrons. The molecule has 0 N–H and O–H groups in total. The molecule has 0 saturated heterocycles. The number of nitrogens with zero attached hydrogens (tertiary/aromatic N) is 3. The molecule has 2 rings (SSSR count). The van der Waals surface area contributed by atoms with E-state index >= 15 is 0 Å². The van der Waals surface area contributed by atoms with Crippen molar-refractivity contribution in [1.82, 2.24) is 4.31 Å². The van der Waals surface area contributed by atoms with Gasteiger partial charge in [0.15, 0.2) is 0 Å². The standard InChI is InChI=1S/C14H15N3O3S/c1-17(2)21(18,19)20-14-10-8-13(9-11-14)16-15-12-6-4-3-5-7-12/h3-11H,1-2H3. The summed E-state index contributed by atoms with van der Waals surface area (Å²) in [6, 6.07) is 15.6. The first-order chi connectivity index (χ1) is 9.97. The van der Waals surface area contributed by atoms with E-state index in [1.807, 2.05) is 30.3 Å². The molecule has 0 unspecified atom stereocenters. The predicted octanol–water partition coefficient (Wildman–Crippen LogP) is 3.29. The van der Waals surface area contributed by atoms with Crippen LogP contribution >= 0.6 is 0 Å². The summed E-state index contributed by atoms with van der Waals surface area (Å²) in [7, 11) is -0.939. The van der Waals surface area contributed by atoms with Gasteiger partial charge in [-0.15, -0.1) is 0 Å². The first-order valence-corrected chi connectivity index (χ1v) is 7.53. The normalized spacial score (nSPS) is 12.0. The molecule has 0 amide bonds. The first-order valence-electron chi connectivity index (χ1n) is 6.16. The fourth-order valence-electron chi connectivity index (χ4n) is 1.37. The van der Waals surface area contributed by atoms with Crippen LogP contribution in [0.4, 0.5) is 11.4 Å². The van der Waals surface area contributed by atoms with Crippen LogP contribution in [0.2, 0.25) is 0 Å². The molecule has 0 aliphatic rings. The third kappa shape index (κ3) is 4.37. The molecular formula is C14H15N3O3S. The Kier molecular flexibility index (Phi) is 4.66. The van der Waals surface area contributed by atoms with Crippen molar-refractivity contribution in [3.8, 4) is 5.75 Å². The van der Waals surface area contributed by atoms with Gasteiger partial charge in [0.05, 0.1) is 11.4 Å². The lowest BCUT2D eigenvalue weighted by molar-refractivity contribution is 0.421. The number of benzene rings is 2. The van der Waals surface area contributed by atoms with E-state index in [0.717, 1.165) is 9.99 Å². The lowest BCUT2D eigenvalue weighted by Crippen LogP contribution is -2.26. The van der Waals surface area contributed by atoms with Gasteiger partial charge in [-0.25, -0.2) is 0 Å². The molecule has 2 aromatic rings. The van der Waals surface area contributed by atoms with E-state index < -0.39 is 10.3 Å². The van der Waals surface area contributed by atoms with Gasteiger partial charge in [-0.1, -0.05) is 18.2 Å². The Morgan fingerprint density at radius 1 is 0.857 bits per heavy atom. The maximum atomic E-state index is 11.6. The van der Waals surface area contributed by atoms with Crippen molar-refractivity contribution in [2.45, 2.75) is 0 Å². The topological polar surface area (TPSA) is 71.3 Å². The molecule has 21 heavy (non-hydrogen) atoms. The van der Waals surface area contributed by atoms with Gasteiger partial charge in [-0.2, -0.15) is 23.0 Å². The minimum absolute atomic E-state index is 0.224. The lowest BCUT2D eigenvalue weighted by atomic mass is 10.3. The zero-order valence-electron chi connectivity index (χ0n) is 11.7. The SMILES string of the molecule is CN(C)S(=O)(=O)Oc1ccc(N=Nc2ccccc2)cc1. The molecule has 0 spiro atoms. The molecule has 0 aliphatic heterocycles. The van der Waals surface area contributed by atoms with E-state index in [2.05, 4.69) is 10.2 Å². The fourth-order valence-corrected chi connectivity index (χ4v) is 1.88. The van der Waals surface area contributed by atoms with E-state index in [1.54, 1.807) is 12.1 Å². The Balaban J connectivity index is 2.08. The van der Waals surface area contributed by atoms with Gasteiger partial charge in [0.1, 0.15) is 5.75 Å². The summed E-state index contributed by atoms with van der Waals surface area (Å²) in [4.78, 5) is 0. The van der Waals surface area contributed by atoms with Crippen molar-refractivity contribution in [3.63, 3.8) is 0 Å². The second kappa shape index (κ2) is 6.47. The highest BCUT2D eigenvalue weighted by Gasteiger charge is 2.15. The highest BCUT2D eigenvalue weighted by Crippen LogP contribution is 2.22. The van der Waals surface area contributed by atoms with Crippen LogP contribution in [0.1, 0.15) is 0 Å². The molecule has 7 heteroatoms. The van der Waals surface area contributed by atoms with Crippen molar-refractivity contribution in [2.24, 2.45) is 10.2 Å². The second-order valence-electron chi connectivity index (χ2n) is 4.35. The average molecular weight is 305 g/mol. The van der Waals surface area contributed by atoms with Crippen LogP contribution in [-0.2, 0) is 10.3 Å². The second-order valence-corrected chi connectivity index (χ2v) is 6.11. The van der Waals surface area contributed by atoms with Crippen LogP contribution in [-0.4, -0.2) is 26.8 Å². The summed E-state index contributed by atoms with van der Waals surface area (Å²) < 4.78 is 29.0. The summed E-state index contributed by atoms with van der Waals surface area (Å²) in [5.74, 6) is 0.224. The predicted molar refractivity (Wildman–Crippen MR) is 80.3 cm³/mol. The molecule has 2 aromatic carbocycles. The Hall–Kier alpha value is -2.25. The van der Waals surface area contributed by atoms with Crippen molar-refractivity contribution >= 4 is 21.7 Å². The molecule has 0 atom stereocenters. The summed E-state index contributed by atoms with van der Waals surface area (Å²) in [5.41, 5.74) is 1.35. The van der Waals surface area contributed by atoms with Gasteiger partial charge in [0.2, 0.25) is 0 Å². The molecule has 0 fully saturated rings. The Morgan fingerprint density at radius 2 is 1.38 bits per heavy atom. The smallest absolute Gasteiger partial charge is 0.371 e. The van der Waals surface area contributed by atoms with E-state index in [9.17, 15) is 8.42 Å². The van der Waals surface area contributed by atoms with Crippen molar-refractivity contribution in [3.05, 3.63) is 54.6 Å². The molecule has 0 radical (unpaired) electrons. The van der Waals surface area contributed by atoms with Crippen molar-refractivity contribution < 1.29 is 12.6 Å². The Morgan fingerprint density at radius 3 is 1.90 bits per heavy atom. The lowest BCUT2D eigenvalue weighted by Gasteiger charge is -2.11. The maximum absolute atomic E-state index is 11.6. The Bertz CT molecular complexity index is 711.